The lowest BCUT2D eigenvalue weighted by atomic mass is 9.97. The number of nitrogens with two attached hydrogens (primary N) is 1. The van der Waals surface area contributed by atoms with E-state index in [0.29, 0.717) is 23.1 Å². The van der Waals surface area contributed by atoms with Crippen LogP contribution in [-0.2, 0) is 21.4 Å². The summed E-state index contributed by atoms with van der Waals surface area (Å²) < 4.78 is 1.57. The number of aromatic nitrogens is 3. The van der Waals surface area contributed by atoms with Crippen LogP contribution >= 0.6 is 0 Å². The fourth-order valence-electron chi connectivity index (χ4n) is 4.80. The van der Waals surface area contributed by atoms with Crippen molar-refractivity contribution in [3.05, 3.63) is 48.3 Å². The van der Waals surface area contributed by atoms with Crippen molar-refractivity contribution in [1.82, 2.24) is 24.6 Å². The number of carbonyl (C=O) groups is 3. The number of piperazine rings is 1. The van der Waals surface area contributed by atoms with Gasteiger partial charge in [-0.25, -0.2) is 4.98 Å². The van der Waals surface area contributed by atoms with Gasteiger partial charge in [-0.15, -0.1) is 0 Å². The summed E-state index contributed by atoms with van der Waals surface area (Å²) in [4.78, 5) is 47.4. The molecule has 0 bridgehead atoms. The van der Waals surface area contributed by atoms with Crippen LogP contribution in [0.3, 0.4) is 0 Å². The molecule has 5 rings (SSSR count). The molecular formula is C25H29N7O3. The Morgan fingerprint density at radius 1 is 1.09 bits per heavy atom. The molecule has 3 amide bonds. The zero-order chi connectivity index (χ0) is 24.9. The van der Waals surface area contributed by atoms with E-state index in [-0.39, 0.29) is 29.7 Å². The predicted molar refractivity (Wildman–Crippen MR) is 131 cm³/mol. The van der Waals surface area contributed by atoms with Crippen LogP contribution in [-0.4, -0.2) is 61.4 Å². The number of hydrogen-bond donors (Lipinski definition) is 2. The third kappa shape index (κ3) is 3.98. The zero-order valence-electron chi connectivity index (χ0n) is 20.1. The largest absolute Gasteiger partial charge is 0.382 e. The number of hydrogen-bond acceptors (Lipinski definition) is 6. The van der Waals surface area contributed by atoms with Gasteiger partial charge in [-0.3, -0.25) is 19.1 Å². The number of nitrogen functional groups attached to an aromatic ring is 1. The number of rotatable bonds is 3. The van der Waals surface area contributed by atoms with Crippen molar-refractivity contribution >= 4 is 40.1 Å². The van der Waals surface area contributed by atoms with Crippen LogP contribution in [0, 0.1) is 5.41 Å². The first-order valence-corrected chi connectivity index (χ1v) is 11.7. The average molecular weight is 476 g/mol. The SMILES string of the molecule is C[C@@H]1CN(C(=O)C(=O)Nc2cnc(N)c3c2cnn3C)[C@@H](c2ccccc2)CN1C(=O)C1(C)CC1. The third-order valence-corrected chi connectivity index (χ3v) is 7.21. The Balaban J connectivity index is 1.42. The predicted octanol–water partition coefficient (Wildman–Crippen LogP) is 2.09. The number of carbonyl (C=O) groups excluding carboxylic acids is 3. The maximum Gasteiger partial charge on any atom is 0.313 e. The molecule has 0 spiro atoms. The molecule has 2 atom stereocenters. The molecule has 1 aromatic carbocycles. The molecule has 1 aliphatic heterocycles. The fourth-order valence-corrected chi connectivity index (χ4v) is 4.80. The number of fused-ring (bicyclic) bond motifs is 1. The Morgan fingerprint density at radius 3 is 2.49 bits per heavy atom. The van der Waals surface area contributed by atoms with E-state index in [0.717, 1.165) is 18.4 Å². The maximum atomic E-state index is 13.5. The lowest BCUT2D eigenvalue weighted by molar-refractivity contribution is -0.153. The highest BCUT2D eigenvalue weighted by molar-refractivity contribution is 6.40. The normalized spacial score (nSPS) is 21.1. The highest BCUT2D eigenvalue weighted by Crippen LogP contribution is 2.47. The number of aryl methyl sites for hydroxylation is 1. The van der Waals surface area contributed by atoms with Gasteiger partial charge in [0.25, 0.3) is 0 Å². The molecule has 10 heteroatoms. The van der Waals surface area contributed by atoms with Gasteiger partial charge in [-0.05, 0) is 25.3 Å². The summed E-state index contributed by atoms with van der Waals surface area (Å²) in [7, 11) is 1.73. The Bertz CT molecular complexity index is 1320. The van der Waals surface area contributed by atoms with Gasteiger partial charge in [0.1, 0.15) is 11.3 Å². The standard InChI is InChI=1S/C25H29N7O3/c1-15-13-32(19(16-7-5-4-6-8-16)14-31(15)24(35)25(2)9-10-25)23(34)22(33)29-18-12-27-21(26)20-17(18)11-28-30(20)3/h4-8,11-12,15,19H,9-10,13-14H2,1-3H3,(H2,26,27)(H,29,33)/t15-,19-/m1/s1. The first kappa shape index (κ1) is 22.8. The number of benzene rings is 1. The third-order valence-electron chi connectivity index (χ3n) is 7.21. The molecule has 1 saturated heterocycles. The quantitative estimate of drug-likeness (QED) is 0.559. The van der Waals surface area contributed by atoms with E-state index in [2.05, 4.69) is 15.4 Å². The molecule has 1 saturated carbocycles. The second kappa shape index (κ2) is 8.37. The van der Waals surface area contributed by atoms with Gasteiger partial charge < -0.3 is 20.9 Å². The molecule has 1 aliphatic carbocycles. The molecular weight excluding hydrogens is 446 g/mol. The van der Waals surface area contributed by atoms with E-state index in [1.54, 1.807) is 22.8 Å². The van der Waals surface area contributed by atoms with Gasteiger partial charge in [0, 0.05) is 37.0 Å². The second-order valence-electron chi connectivity index (χ2n) is 9.79. The van der Waals surface area contributed by atoms with Crippen molar-refractivity contribution in [3.8, 4) is 0 Å². The minimum absolute atomic E-state index is 0.120. The van der Waals surface area contributed by atoms with Gasteiger partial charge in [0.2, 0.25) is 5.91 Å². The second-order valence-corrected chi connectivity index (χ2v) is 9.79. The van der Waals surface area contributed by atoms with Crippen LogP contribution in [0.25, 0.3) is 10.9 Å². The Hall–Kier alpha value is -3.95. The van der Waals surface area contributed by atoms with Crippen molar-refractivity contribution in [2.45, 2.75) is 38.8 Å². The van der Waals surface area contributed by atoms with E-state index >= 15 is 0 Å². The summed E-state index contributed by atoms with van der Waals surface area (Å²) in [5, 5.41) is 7.48. The van der Waals surface area contributed by atoms with Crippen LogP contribution in [0.5, 0.6) is 0 Å². The molecule has 2 aliphatic rings. The molecule has 3 aromatic rings. The van der Waals surface area contributed by atoms with E-state index in [4.69, 9.17) is 5.73 Å². The molecule has 10 nitrogen and oxygen atoms in total. The van der Waals surface area contributed by atoms with E-state index in [1.165, 1.54) is 6.20 Å². The maximum absolute atomic E-state index is 13.5. The van der Waals surface area contributed by atoms with Crippen LogP contribution < -0.4 is 11.1 Å². The molecule has 0 unspecified atom stereocenters. The van der Waals surface area contributed by atoms with E-state index in [9.17, 15) is 14.4 Å². The van der Waals surface area contributed by atoms with Gasteiger partial charge in [0.05, 0.1) is 24.1 Å². The average Bonchev–Trinajstić information content (AvgIpc) is 3.49. The van der Waals surface area contributed by atoms with Gasteiger partial charge >= 0.3 is 11.8 Å². The lowest BCUT2D eigenvalue weighted by Crippen LogP contribution is -2.59. The molecule has 35 heavy (non-hydrogen) atoms. The molecule has 182 valence electrons. The lowest BCUT2D eigenvalue weighted by Gasteiger charge is -2.46. The smallest absolute Gasteiger partial charge is 0.313 e. The fraction of sp³-hybridized carbons (Fsp3) is 0.400. The topological polar surface area (TPSA) is 126 Å². The molecule has 2 aromatic heterocycles. The summed E-state index contributed by atoms with van der Waals surface area (Å²) >= 11 is 0. The highest BCUT2D eigenvalue weighted by Gasteiger charge is 2.50. The summed E-state index contributed by atoms with van der Waals surface area (Å²) in [6.07, 6.45) is 4.77. The van der Waals surface area contributed by atoms with Crippen molar-refractivity contribution in [1.29, 1.82) is 0 Å². The van der Waals surface area contributed by atoms with Crippen LogP contribution in [0.2, 0.25) is 0 Å². The number of pyridine rings is 1. The van der Waals surface area contributed by atoms with Crippen molar-refractivity contribution in [2.75, 3.05) is 24.1 Å². The first-order chi connectivity index (χ1) is 16.7. The molecule has 0 radical (unpaired) electrons. The van der Waals surface area contributed by atoms with Crippen LogP contribution in [0.4, 0.5) is 11.5 Å². The highest BCUT2D eigenvalue weighted by atomic mass is 16.2. The minimum atomic E-state index is -0.774. The molecule has 3 heterocycles. The van der Waals surface area contributed by atoms with Gasteiger partial charge in [-0.2, -0.15) is 5.10 Å². The van der Waals surface area contributed by atoms with E-state index < -0.39 is 17.9 Å². The van der Waals surface area contributed by atoms with Gasteiger partial charge in [-0.1, -0.05) is 37.3 Å². The zero-order valence-corrected chi connectivity index (χ0v) is 20.1. The Morgan fingerprint density at radius 2 is 1.80 bits per heavy atom. The summed E-state index contributed by atoms with van der Waals surface area (Å²) in [6, 6.07) is 8.88. The molecule has 2 fully saturated rings. The monoisotopic (exact) mass is 475 g/mol. The summed E-state index contributed by atoms with van der Waals surface area (Å²) in [5.41, 5.74) is 7.46. The molecule has 3 N–H and O–H groups in total. The van der Waals surface area contributed by atoms with Crippen molar-refractivity contribution in [2.24, 2.45) is 12.5 Å². The van der Waals surface area contributed by atoms with Crippen LogP contribution in [0.15, 0.2) is 42.7 Å². The minimum Gasteiger partial charge on any atom is -0.382 e. The Labute approximate surface area is 203 Å². The van der Waals surface area contributed by atoms with Crippen LogP contribution in [0.1, 0.15) is 38.3 Å². The van der Waals surface area contributed by atoms with E-state index in [1.807, 2.05) is 49.1 Å². The number of anilines is 2. The van der Waals surface area contributed by atoms with Crippen molar-refractivity contribution in [3.63, 3.8) is 0 Å². The summed E-state index contributed by atoms with van der Waals surface area (Å²) in [6.45, 7) is 4.52. The number of nitrogens with zero attached hydrogens (tertiary/aromatic N) is 5. The van der Waals surface area contributed by atoms with Crippen molar-refractivity contribution < 1.29 is 14.4 Å². The van der Waals surface area contributed by atoms with Gasteiger partial charge in [0.15, 0.2) is 0 Å². The number of amides is 3. The number of nitrogens with one attached hydrogen (secondary N) is 1. The first-order valence-electron chi connectivity index (χ1n) is 11.7. The summed E-state index contributed by atoms with van der Waals surface area (Å²) in [5.74, 6) is -1.03. The Kier molecular flexibility index (Phi) is 5.46.